The van der Waals surface area contributed by atoms with Gasteiger partial charge in [-0.25, -0.2) is 0 Å². The van der Waals surface area contributed by atoms with Crippen molar-refractivity contribution in [1.82, 2.24) is 0 Å². The van der Waals surface area contributed by atoms with E-state index in [-0.39, 0.29) is 5.41 Å². The molecule has 0 unspecified atom stereocenters. The van der Waals surface area contributed by atoms with Crippen molar-refractivity contribution in [1.29, 1.82) is 0 Å². The Kier molecular flexibility index (Phi) is 2.66. The molecule has 23 heavy (non-hydrogen) atoms. The molecule has 0 radical (unpaired) electrons. The summed E-state index contributed by atoms with van der Waals surface area (Å²) in [5, 5.41) is 2.69. The van der Waals surface area contributed by atoms with Crippen LogP contribution in [0, 0.1) is 5.92 Å². The molecule has 0 aromatic heterocycles. The summed E-state index contributed by atoms with van der Waals surface area (Å²) in [7, 11) is 0. The lowest BCUT2D eigenvalue weighted by atomic mass is 9.88. The van der Waals surface area contributed by atoms with Gasteiger partial charge in [0.1, 0.15) is 0 Å². The molecule has 1 saturated carbocycles. The van der Waals surface area contributed by atoms with Crippen LogP contribution >= 0.6 is 0 Å². The average Bonchev–Trinajstić information content (AvgIpc) is 3.32. The van der Waals surface area contributed by atoms with Crippen molar-refractivity contribution in [2.45, 2.75) is 11.3 Å². The van der Waals surface area contributed by atoms with Crippen molar-refractivity contribution in [3.63, 3.8) is 0 Å². The van der Waals surface area contributed by atoms with E-state index in [4.69, 9.17) is 4.74 Å². The van der Waals surface area contributed by atoms with Gasteiger partial charge in [0, 0.05) is 17.3 Å². The molecule has 0 bridgehead atoms. The molecule has 1 heterocycles. The largest absolute Gasteiger partial charge is 0.501 e. The second-order valence-electron chi connectivity index (χ2n) is 6.59. The highest BCUT2D eigenvalue weighted by Gasteiger charge is 2.65. The third-order valence-corrected chi connectivity index (χ3v) is 5.57. The SMILES string of the molecule is C1=C[C@@]2(c3ccccc3)[C@@H](CO1)[C@@H]2c1cccc2ccccc12. The fraction of sp³-hybridized carbons (Fsp3) is 0.182. The number of hydrogen-bond donors (Lipinski definition) is 0. The van der Waals surface area contributed by atoms with Crippen LogP contribution in [-0.2, 0) is 10.2 Å². The maximum Gasteiger partial charge on any atom is 0.0919 e. The highest BCUT2D eigenvalue weighted by Crippen LogP contribution is 2.68. The number of fused-ring (bicyclic) bond motifs is 2. The van der Waals surface area contributed by atoms with Crippen LogP contribution in [0.15, 0.2) is 85.1 Å². The molecular formula is C22H18O. The maximum atomic E-state index is 5.65. The number of benzene rings is 3. The summed E-state index contributed by atoms with van der Waals surface area (Å²) in [6.07, 6.45) is 4.18. The fourth-order valence-corrected chi connectivity index (χ4v) is 4.48. The maximum absolute atomic E-state index is 5.65. The topological polar surface area (TPSA) is 9.23 Å². The molecule has 3 aromatic carbocycles. The Bertz CT molecular complexity index is 891. The van der Waals surface area contributed by atoms with Crippen LogP contribution in [0.25, 0.3) is 10.8 Å². The summed E-state index contributed by atoms with van der Waals surface area (Å²) in [4.78, 5) is 0. The van der Waals surface area contributed by atoms with Crippen LogP contribution in [0.1, 0.15) is 17.0 Å². The fourth-order valence-electron chi connectivity index (χ4n) is 4.48. The Labute approximate surface area is 136 Å². The summed E-state index contributed by atoms with van der Waals surface area (Å²) >= 11 is 0. The van der Waals surface area contributed by atoms with Gasteiger partial charge in [-0.15, -0.1) is 0 Å². The van der Waals surface area contributed by atoms with Crippen molar-refractivity contribution in [3.05, 3.63) is 96.3 Å². The lowest BCUT2D eigenvalue weighted by molar-refractivity contribution is 0.212. The van der Waals surface area contributed by atoms with E-state index in [1.165, 1.54) is 21.9 Å². The Morgan fingerprint density at radius 2 is 1.61 bits per heavy atom. The normalized spacial score (nSPS) is 28.2. The molecule has 2 aliphatic rings. The molecule has 1 aliphatic carbocycles. The van der Waals surface area contributed by atoms with Gasteiger partial charge in [0.2, 0.25) is 0 Å². The quantitative estimate of drug-likeness (QED) is 0.644. The molecule has 5 rings (SSSR count). The average molecular weight is 298 g/mol. The third kappa shape index (κ3) is 1.74. The van der Waals surface area contributed by atoms with Gasteiger partial charge >= 0.3 is 0 Å². The molecule has 0 spiro atoms. The minimum atomic E-state index is 0.101. The first kappa shape index (κ1) is 13.0. The van der Waals surface area contributed by atoms with Gasteiger partial charge in [-0.1, -0.05) is 72.8 Å². The molecule has 0 saturated heterocycles. The van der Waals surface area contributed by atoms with Crippen molar-refractivity contribution in [2.24, 2.45) is 5.92 Å². The molecule has 112 valence electrons. The predicted molar refractivity (Wildman–Crippen MR) is 93.4 cm³/mol. The summed E-state index contributed by atoms with van der Waals surface area (Å²) in [5.74, 6) is 1.02. The van der Waals surface area contributed by atoms with Gasteiger partial charge in [0.25, 0.3) is 0 Å². The van der Waals surface area contributed by atoms with Gasteiger partial charge in [0.15, 0.2) is 0 Å². The van der Waals surface area contributed by atoms with Crippen LogP contribution in [0.2, 0.25) is 0 Å². The van der Waals surface area contributed by atoms with Crippen LogP contribution in [-0.4, -0.2) is 6.61 Å². The lowest BCUT2D eigenvalue weighted by Gasteiger charge is -2.18. The van der Waals surface area contributed by atoms with E-state index < -0.39 is 0 Å². The minimum Gasteiger partial charge on any atom is -0.501 e. The van der Waals surface area contributed by atoms with Gasteiger partial charge in [-0.3, -0.25) is 0 Å². The van der Waals surface area contributed by atoms with E-state index >= 15 is 0 Å². The Morgan fingerprint density at radius 1 is 0.826 bits per heavy atom. The minimum absolute atomic E-state index is 0.101. The number of rotatable bonds is 2. The molecule has 0 amide bonds. The highest BCUT2D eigenvalue weighted by molar-refractivity contribution is 5.87. The van der Waals surface area contributed by atoms with Gasteiger partial charge < -0.3 is 4.74 Å². The monoisotopic (exact) mass is 298 g/mol. The summed E-state index contributed by atoms with van der Waals surface area (Å²) in [5.41, 5.74) is 2.96. The summed E-state index contributed by atoms with van der Waals surface area (Å²) in [6.45, 7) is 0.805. The second-order valence-corrected chi connectivity index (χ2v) is 6.59. The van der Waals surface area contributed by atoms with Crippen molar-refractivity contribution < 1.29 is 4.74 Å². The molecule has 0 N–H and O–H groups in total. The first-order valence-electron chi connectivity index (χ1n) is 8.24. The number of hydrogen-bond acceptors (Lipinski definition) is 1. The molecule has 1 heteroatoms. The van der Waals surface area contributed by atoms with E-state index in [1.807, 2.05) is 6.26 Å². The molecule has 3 aromatic rings. The smallest absolute Gasteiger partial charge is 0.0919 e. The lowest BCUT2D eigenvalue weighted by Crippen LogP contribution is -2.13. The molecule has 1 fully saturated rings. The highest BCUT2D eigenvalue weighted by atomic mass is 16.5. The van der Waals surface area contributed by atoms with Gasteiger partial charge in [-0.2, -0.15) is 0 Å². The van der Waals surface area contributed by atoms with Crippen LogP contribution in [0.5, 0.6) is 0 Å². The molecule has 1 nitrogen and oxygen atoms in total. The predicted octanol–water partition coefficient (Wildman–Crippen LogP) is 5.04. The zero-order valence-electron chi connectivity index (χ0n) is 12.9. The van der Waals surface area contributed by atoms with E-state index in [9.17, 15) is 0 Å². The molecule has 1 aliphatic heterocycles. The number of allylic oxidation sites excluding steroid dienone is 1. The third-order valence-electron chi connectivity index (χ3n) is 5.57. The van der Waals surface area contributed by atoms with E-state index in [1.54, 1.807) is 0 Å². The Morgan fingerprint density at radius 3 is 2.52 bits per heavy atom. The van der Waals surface area contributed by atoms with Crippen LogP contribution < -0.4 is 0 Å². The van der Waals surface area contributed by atoms with Gasteiger partial charge in [-0.05, 0) is 28.0 Å². The van der Waals surface area contributed by atoms with Gasteiger partial charge in [0.05, 0.1) is 12.9 Å². The summed E-state index contributed by atoms with van der Waals surface area (Å²) < 4.78 is 5.65. The first-order chi connectivity index (χ1) is 11.4. The summed E-state index contributed by atoms with van der Waals surface area (Å²) in [6, 6.07) is 26.3. The van der Waals surface area contributed by atoms with Crippen molar-refractivity contribution in [2.75, 3.05) is 6.61 Å². The van der Waals surface area contributed by atoms with Crippen LogP contribution in [0.3, 0.4) is 0 Å². The molecule has 3 atom stereocenters. The Hall–Kier alpha value is -2.54. The molecular weight excluding hydrogens is 280 g/mol. The van der Waals surface area contributed by atoms with E-state index in [0.717, 1.165) is 6.61 Å². The van der Waals surface area contributed by atoms with Crippen LogP contribution in [0.4, 0.5) is 0 Å². The zero-order valence-corrected chi connectivity index (χ0v) is 12.9. The Balaban J connectivity index is 1.70. The van der Waals surface area contributed by atoms with E-state index in [0.29, 0.717) is 11.8 Å². The second kappa shape index (κ2) is 4.73. The standard InChI is InChI=1S/C22H18O/c1-2-9-17(10-3-1)22-13-14-23-15-20(22)21(22)19-12-6-8-16-7-4-5-11-18(16)19/h1-14,20-21H,15H2/t20-,21-,22+/m0/s1. The first-order valence-corrected chi connectivity index (χ1v) is 8.24. The van der Waals surface area contributed by atoms with Crippen molar-refractivity contribution in [3.8, 4) is 0 Å². The van der Waals surface area contributed by atoms with E-state index in [2.05, 4.69) is 78.9 Å². The van der Waals surface area contributed by atoms with Crippen molar-refractivity contribution >= 4 is 10.8 Å². The zero-order chi connectivity index (χ0) is 15.3. The number of ether oxygens (including phenoxy) is 1.